The Labute approximate surface area is 174 Å². The normalized spacial score (nSPS) is 16.7. The summed E-state index contributed by atoms with van der Waals surface area (Å²) in [6.45, 7) is 1.77. The number of carbonyl (C=O) groups excluding carboxylic acids is 2. The van der Waals surface area contributed by atoms with E-state index in [0.717, 1.165) is 24.0 Å². The summed E-state index contributed by atoms with van der Waals surface area (Å²) in [4.78, 5) is 32.1. The van der Waals surface area contributed by atoms with E-state index in [1.165, 1.54) is 0 Å². The van der Waals surface area contributed by atoms with E-state index in [4.69, 9.17) is 4.74 Å². The van der Waals surface area contributed by atoms with E-state index in [1.807, 2.05) is 0 Å². The van der Waals surface area contributed by atoms with Crippen molar-refractivity contribution >= 4 is 23.8 Å². The molecule has 158 valence electrons. The summed E-state index contributed by atoms with van der Waals surface area (Å²) in [5.74, 6) is -0.675. The van der Waals surface area contributed by atoms with Crippen molar-refractivity contribution in [2.24, 2.45) is 0 Å². The molecule has 0 saturated carbocycles. The number of ether oxygens (including phenoxy) is 1. The molecule has 0 bridgehead atoms. The first-order valence-electron chi connectivity index (χ1n) is 8.85. The van der Waals surface area contributed by atoms with Crippen LogP contribution in [0.15, 0.2) is 59.0 Å². The Kier molecular flexibility index (Phi) is 6.60. The Hall–Kier alpha value is -3.08. The van der Waals surface area contributed by atoms with Gasteiger partial charge in [0.1, 0.15) is 5.69 Å². The zero-order valence-electron chi connectivity index (χ0n) is 15.7. The average Bonchev–Trinajstić information content (AvgIpc) is 2.72. The van der Waals surface area contributed by atoms with Gasteiger partial charge in [-0.2, -0.15) is 13.2 Å². The molecule has 2 heterocycles. The molecule has 2 amide bonds. The molecule has 11 heteroatoms. The smallest absolute Gasteiger partial charge is 0.433 e. The maximum absolute atomic E-state index is 12.9. The Morgan fingerprint density at radius 2 is 1.97 bits per heavy atom. The molecule has 0 radical (unpaired) electrons. The fraction of sp³-hybridized carbons (Fsp3) is 0.263. The van der Waals surface area contributed by atoms with Gasteiger partial charge in [-0.1, -0.05) is 42.1 Å². The first kappa shape index (κ1) is 21.6. The van der Waals surface area contributed by atoms with Crippen LogP contribution in [0.2, 0.25) is 0 Å². The van der Waals surface area contributed by atoms with Gasteiger partial charge in [0, 0.05) is 17.6 Å². The van der Waals surface area contributed by atoms with Crippen molar-refractivity contribution in [2.45, 2.75) is 24.3 Å². The van der Waals surface area contributed by atoms with Gasteiger partial charge in [0.15, 0.2) is 5.16 Å². The number of carbonyl (C=O) groups is 2. The molecule has 2 N–H and O–H groups in total. The lowest BCUT2D eigenvalue weighted by molar-refractivity contribution is -0.141. The van der Waals surface area contributed by atoms with Crippen molar-refractivity contribution in [3.05, 3.63) is 65.1 Å². The minimum absolute atomic E-state index is 0.0355. The number of halogens is 3. The van der Waals surface area contributed by atoms with E-state index in [-0.39, 0.29) is 28.8 Å². The van der Waals surface area contributed by atoms with Gasteiger partial charge in [-0.25, -0.2) is 19.6 Å². The number of nitrogens with one attached hydrogen (secondary N) is 2. The number of alkyl halides is 3. The number of nitrogens with zero attached hydrogens (tertiary/aromatic N) is 2. The van der Waals surface area contributed by atoms with Crippen LogP contribution in [0.1, 0.15) is 24.2 Å². The third-order valence-electron chi connectivity index (χ3n) is 4.05. The van der Waals surface area contributed by atoms with Gasteiger partial charge in [0.2, 0.25) is 0 Å². The van der Waals surface area contributed by atoms with Gasteiger partial charge in [-0.15, -0.1) is 0 Å². The number of amides is 2. The van der Waals surface area contributed by atoms with Crippen molar-refractivity contribution in [3.8, 4) is 0 Å². The molecule has 7 nitrogen and oxygen atoms in total. The van der Waals surface area contributed by atoms with Crippen LogP contribution >= 0.6 is 11.8 Å². The summed E-state index contributed by atoms with van der Waals surface area (Å²) in [6, 6.07) is 8.27. The largest absolute Gasteiger partial charge is 0.463 e. The van der Waals surface area contributed by atoms with Crippen LogP contribution in [0.25, 0.3) is 0 Å². The van der Waals surface area contributed by atoms with Crippen LogP contribution in [0.3, 0.4) is 0 Å². The quantitative estimate of drug-likeness (QED) is 0.408. The van der Waals surface area contributed by atoms with Gasteiger partial charge in [-0.3, -0.25) is 0 Å². The highest BCUT2D eigenvalue weighted by Gasteiger charge is 2.35. The van der Waals surface area contributed by atoms with Crippen molar-refractivity contribution < 1.29 is 27.5 Å². The second-order valence-corrected chi connectivity index (χ2v) is 7.01. The summed E-state index contributed by atoms with van der Waals surface area (Å²) in [6.07, 6.45) is -3.60. The number of thioether (sulfide) groups is 1. The number of benzene rings is 1. The molecule has 1 unspecified atom stereocenters. The summed E-state index contributed by atoms with van der Waals surface area (Å²) >= 11 is 0.865. The molecule has 30 heavy (non-hydrogen) atoms. The molecular formula is C19H17F3N4O3S. The molecule has 1 aromatic heterocycles. The van der Waals surface area contributed by atoms with Gasteiger partial charge in [0.25, 0.3) is 0 Å². The molecule has 0 fully saturated rings. The predicted octanol–water partition coefficient (Wildman–Crippen LogP) is 3.46. The van der Waals surface area contributed by atoms with Crippen LogP contribution < -0.4 is 10.6 Å². The Bertz CT molecular complexity index is 967. The Morgan fingerprint density at radius 3 is 2.63 bits per heavy atom. The molecular weight excluding hydrogens is 421 g/mol. The van der Waals surface area contributed by atoms with Crippen molar-refractivity contribution in [2.75, 3.05) is 12.4 Å². The standard InChI is InChI=1S/C19H17F3N4O3S/c1-2-29-16(27)14-12(10-30-18-23-9-8-13(25-18)19(20,21)22)24-17(28)26-15(14)11-6-4-3-5-7-11/h3-9,15H,2,10H2,1H3,(H2,24,26,28). The zero-order chi connectivity index (χ0) is 21.7. The van der Waals surface area contributed by atoms with Crippen LogP contribution in [-0.4, -0.2) is 34.3 Å². The van der Waals surface area contributed by atoms with E-state index >= 15 is 0 Å². The first-order chi connectivity index (χ1) is 14.3. The minimum Gasteiger partial charge on any atom is -0.463 e. The van der Waals surface area contributed by atoms with Crippen LogP contribution in [0, 0.1) is 0 Å². The molecule has 1 atom stereocenters. The highest BCUT2D eigenvalue weighted by atomic mass is 32.2. The number of hydrogen-bond donors (Lipinski definition) is 2. The summed E-state index contributed by atoms with van der Waals surface area (Å²) in [7, 11) is 0. The lowest BCUT2D eigenvalue weighted by atomic mass is 9.95. The second kappa shape index (κ2) is 9.16. The molecule has 1 aromatic carbocycles. The van der Waals surface area contributed by atoms with Crippen LogP contribution in [-0.2, 0) is 15.7 Å². The van der Waals surface area contributed by atoms with Gasteiger partial charge < -0.3 is 15.4 Å². The van der Waals surface area contributed by atoms with Gasteiger partial charge in [-0.05, 0) is 18.6 Å². The zero-order valence-corrected chi connectivity index (χ0v) is 16.5. The second-order valence-electron chi connectivity index (χ2n) is 6.07. The summed E-state index contributed by atoms with van der Waals surface area (Å²) < 4.78 is 43.7. The summed E-state index contributed by atoms with van der Waals surface area (Å²) in [5.41, 5.74) is -0.0245. The average molecular weight is 438 g/mol. The number of hydrogen-bond acceptors (Lipinski definition) is 6. The fourth-order valence-corrected chi connectivity index (χ4v) is 3.58. The summed E-state index contributed by atoms with van der Waals surface area (Å²) in [5, 5.41) is 5.10. The van der Waals surface area contributed by atoms with E-state index in [0.29, 0.717) is 5.56 Å². The Balaban J connectivity index is 1.93. The Morgan fingerprint density at radius 1 is 1.23 bits per heavy atom. The predicted molar refractivity (Wildman–Crippen MR) is 102 cm³/mol. The highest BCUT2D eigenvalue weighted by Crippen LogP contribution is 2.31. The lowest BCUT2D eigenvalue weighted by Gasteiger charge is -2.29. The number of esters is 1. The van der Waals surface area contributed by atoms with Gasteiger partial charge in [0.05, 0.1) is 18.2 Å². The molecule has 0 spiro atoms. The fourth-order valence-electron chi connectivity index (χ4n) is 2.78. The lowest BCUT2D eigenvalue weighted by Crippen LogP contribution is -2.46. The molecule has 0 aliphatic carbocycles. The molecule has 1 aliphatic rings. The van der Waals surface area contributed by atoms with Gasteiger partial charge >= 0.3 is 18.2 Å². The minimum atomic E-state index is -4.60. The number of aromatic nitrogens is 2. The monoisotopic (exact) mass is 438 g/mol. The van der Waals surface area contributed by atoms with E-state index in [9.17, 15) is 22.8 Å². The van der Waals surface area contributed by atoms with Crippen molar-refractivity contribution in [1.82, 2.24) is 20.6 Å². The molecule has 0 saturated heterocycles. The number of rotatable bonds is 6. The molecule has 3 rings (SSSR count). The first-order valence-corrected chi connectivity index (χ1v) is 9.83. The van der Waals surface area contributed by atoms with E-state index in [2.05, 4.69) is 20.6 Å². The maximum Gasteiger partial charge on any atom is 0.433 e. The highest BCUT2D eigenvalue weighted by molar-refractivity contribution is 7.99. The van der Waals surface area contributed by atoms with Crippen LogP contribution in [0.4, 0.5) is 18.0 Å². The third-order valence-corrected chi connectivity index (χ3v) is 4.94. The molecule has 2 aromatic rings. The van der Waals surface area contributed by atoms with Crippen molar-refractivity contribution in [1.29, 1.82) is 0 Å². The van der Waals surface area contributed by atoms with Crippen LogP contribution in [0.5, 0.6) is 0 Å². The van der Waals surface area contributed by atoms with E-state index < -0.39 is 29.9 Å². The topological polar surface area (TPSA) is 93.2 Å². The number of urea groups is 1. The van der Waals surface area contributed by atoms with Crippen molar-refractivity contribution in [3.63, 3.8) is 0 Å². The van der Waals surface area contributed by atoms with E-state index in [1.54, 1.807) is 37.3 Å². The molecule has 1 aliphatic heterocycles. The third kappa shape index (κ3) is 5.09. The SMILES string of the molecule is CCOC(=O)C1=C(CSc2nccc(C(F)(F)F)n2)NC(=O)NC1c1ccccc1. The maximum atomic E-state index is 12.9.